The number of fused-ring (bicyclic) bond motifs is 2. The molecule has 2 aromatic carbocycles. The predicted octanol–water partition coefficient (Wildman–Crippen LogP) is 5.18. The van der Waals surface area contributed by atoms with Crippen molar-refractivity contribution in [2.45, 2.75) is 33.4 Å². The third kappa shape index (κ3) is 4.05. The summed E-state index contributed by atoms with van der Waals surface area (Å²) in [4.78, 5) is 5.37. The molecule has 0 amide bonds. The van der Waals surface area contributed by atoms with E-state index in [4.69, 9.17) is 0 Å². The quantitative estimate of drug-likeness (QED) is 0.681. The number of nitrogens with zero attached hydrogens (tertiary/aromatic N) is 2. The van der Waals surface area contributed by atoms with Gasteiger partial charge < -0.3 is 0 Å². The van der Waals surface area contributed by atoms with Crippen molar-refractivity contribution in [1.29, 1.82) is 0 Å². The van der Waals surface area contributed by atoms with E-state index in [0.717, 1.165) is 13.1 Å². The number of rotatable bonds is 4. The lowest BCUT2D eigenvalue weighted by molar-refractivity contribution is -0.0791. The first-order valence-electron chi connectivity index (χ1n) is 9.65. The molecule has 0 saturated carbocycles. The van der Waals surface area contributed by atoms with E-state index in [9.17, 15) is 0 Å². The standard InChI is InChI=1S/C23H29BrN2/c1-22-14-23(2,16-25(15-22)12-19-8-4-3-5-9-19)18-26(17-22)13-20-10-6-7-11-21(20)24/h3-11H,12-18H2,1-2H3. The highest BCUT2D eigenvalue weighted by molar-refractivity contribution is 9.10. The topological polar surface area (TPSA) is 6.48 Å². The summed E-state index contributed by atoms with van der Waals surface area (Å²) in [7, 11) is 0. The number of likely N-dealkylation sites (tertiary alicyclic amines) is 2. The van der Waals surface area contributed by atoms with Gasteiger partial charge in [-0.2, -0.15) is 0 Å². The summed E-state index contributed by atoms with van der Waals surface area (Å²) >= 11 is 3.72. The molecule has 2 unspecified atom stereocenters. The number of piperidine rings is 2. The van der Waals surface area contributed by atoms with Gasteiger partial charge >= 0.3 is 0 Å². The molecule has 2 saturated heterocycles. The molecule has 2 aliphatic rings. The Morgan fingerprint density at radius 1 is 0.769 bits per heavy atom. The second kappa shape index (κ2) is 7.10. The SMILES string of the molecule is CC12CN(Cc3ccccc3)CC(C)(CN(Cc3ccccc3Br)C1)C2. The zero-order valence-electron chi connectivity index (χ0n) is 15.9. The van der Waals surface area contributed by atoms with Crippen molar-refractivity contribution < 1.29 is 0 Å². The fraction of sp³-hybridized carbons (Fsp3) is 0.478. The van der Waals surface area contributed by atoms with Crippen LogP contribution in [0.15, 0.2) is 59.1 Å². The Bertz CT molecular complexity index is 742. The van der Waals surface area contributed by atoms with Crippen molar-refractivity contribution >= 4 is 15.9 Å². The second-order valence-electron chi connectivity index (χ2n) is 9.17. The van der Waals surface area contributed by atoms with E-state index in [1.54, 1.807) is 0 Å². The van der Waals surface area contributed by atoms with E-state index in [0.29, 0.717) is 10.8 Å². The van der Waals surface area contributed by atoms with Gasteiger partial charge in [0.1, 0.15) is 0 Å². The summed E-state index contributed by atoms with van der Waals surface area (Å²) in [6.07, 6.45) is 1.34. The second-order valence-corrected chi connectivity index (χ2v) is 10.0. The Balaban J connectivity index is 1.48. The van der Waals surface area contributed by atoms with Crippen LogP contribution in [0.5, 0.6) is 0 Å². The molecule has 0 spiro atoms. The van der Waals surface area contributed by atoms with E-state index in [-0.39, 0.29) is 0 Å². The zero-order chi connectivity index (χ0) is 18.2. The Morgan fingerprint density at radius 3 is 1.92 bits per heavy atom. The van der Waals surface area contributed by atoms with E-state index in [2.05, 4.69) is 94.2 Å². The molecule has 2 aromatic rings. The molecule has 2 bridgehead atoms. The van der Waals surface area contributed by atoms with Gasteiger partial charge in [-0.1, -0.05) is 78.3 Å². The van der Waals surface area contributed by atoms with Crippen molar-refractivity contribution in [2.24, 2.45) is 10.8 Å². The fourth-order valence-electron chi connectivity index (χ4n) is 5.56. The lowest BCUT2D eigenvalue weighted by atomic mass is 9.65. The predicted molar refractivity (Wildman–Crippen MR) is 112 cm³/mol. The fourth-order valence-corrected chi connectivity index (χ4v) is 5.97. The minimum atomic E-state index is 0.376. The highest BCUT2D eigenvalue weighted by Crippen LogP contribution is 2.46. The van der Waals surface area contributed by atoms with Gasteiger partial charge in [0.25, 0.3) is 0 Å². The van der Waals surface area contributed by atoms with Crippen LogP contribution in [0, 0.1) is 10.8 Å². The molecule has 2 fully saturated rings. The Hall–Kier alpha value is -1.16. The van der Waals surface area contributed by atoms with Crippen molar-refractivity contribution in [3.8, 4) is 0 Å². The van der Waals surface area contributed by atoms with Gasteiger partial charge in [0.2, 0.25) is 0 Å². The van der Waals surface area contributed by atoms with Gasteiger partial charge in [-0.15, -0.1) is 0 Å². The van der Waals surface area contributed by atoms with Crippen LogP contribution in [0.2, 0.25) is 0 Å². The summed E-state index contributed by atoms with van der Waals surface area (Å²) in [6, 6.07) is 19.6. The van der Waals surface area contributed by atoms with E-state index < -0.39 is 0 Å². The van der Waals surface area contributed by atoms with E-state index >= 15 is 0 Å². The zero-order valence-corrected chi connectivity index (χ0v) is 17.5. The van der Waals surface area contributed by atoms with Crippen LogP contribution in [-0.2, 0) is 13.1 Å². The maximum absolute atomic E-state index is 3.72. The highest BCUT2D eigenvalue weighted by atomic mass is 79.9. The van der Waals surface area contributed by atoms with Gasteiger partial charge in [0.15, 0.2) is 0 Å². The lowest BCUT2D eigenvalue weighted by Crippen LogP contribution is -2.61. The summed E-state index contributed by atoms with van der Waals surface area (Å²) in [5.74, 6) is 0. The molecular weight excluding hydrogens is 384 g/mol. The first kappa shape index (κ1) is 18.2. The molecule has 4 rings (SSSR count). The minimum Gasteiger partial charge on any atom is -0.298 e. The number of benzene rings is 2. The maximum Gasteiger partial charge on any atom is 0.0245 e. The Kier molecular flexibility index (Phi) is 4.98. The first-order valence-corrected chi connectivity index (χ1v) is 10.4. The van der Waals surface area contributed by atoms with Gasteiger partial charge in [-0.05, 0) is 34.4 Å². The molecule has 2 heterocycles. The molecule has 0 aliphatic carbocycles. The molecule has 0 radical (unpaired) electrons. The Labute approximate surface area is 166 Å². The van der Waals surface area contributed by atoms with Crippen molar-refractivity contribution in [3.63, 3.8) is 0 Å². The van der Waals surface area contributed by atoms with Crippen molar-refractivity contribution in [3.05, 3.63) is 70.2 Å². The molecule has 138 valence electrons. The smallest absolute Gasteiger partial charge is 0.0245 e. The van der Waals surface area contributed by atoms with Crippen LogP contribution in [0.25, 0.3) is 0 Å². The average molecular weight is 413 g/mol. The number of halogens is 1. The molecule has 2 aliphatic heterocycles. The lowest BCUT2D eigenvalue weighted by Gasteiger charge is -2.57. The van der Waals surface area contributed by atoms with Crippen LogP contribution in [-0.4, -0.2) is 36.0 Å². The monoisotopic (exact) mass is 412 g/mol. The molecule has 3 heteroatoms. The van der Waals surface area contributed by atoms with Crippen LogP contribution >= 0.6 is 15.9 Å². The number of hydrogen-bond donors (Lipinski definition) is 0. The third-order valence-corrected chi connectivity index (χ3v) is 6.65. The van der Waals surface area contributed by atoms with E-state index in [1.165, 1.54) is 48.2 Å². The van der Waals surface area contributed by atoms with Crippen molar-refractivity contribution in [1.82, 2.24) is 9.80 Å². The first-order chi connectivity index (χ1) is 12.4. The van der Waals surface area contributed by atoms with Crippen LogP contribution < -0.4 is 0 Å². The van der Waals surface area contributed by atoms with Crippen molar-refractivity contribution in [2.75, 3.05) is 26.2 Å². The van der Waals surface area contributed by atoms with Crippen LogP contribution in [0.1, 0.15) is 31.4 Å². The molecule has 2 atom stereocenters. The summed E-state index contributed by atoms with van der Waals surface area (Å²) in [5.41, 5.74) is 3.59. The third-order valence-electron chi connectivity index (χ3n) is 5.88. The molecule has 0 aromatic heterocycles. The minimum absolute atomic E-state index is 0.376. The van der Waals surface area contributed by atoms with Crippen LogP contribution in [0.3, 0.4) is 0 Å². The normalized spacial score (nSPS) is 29.7. The van der Waals surface area contributed by atoms with Gasteiger partial charge in [-0.3, -0.25) is 9.80 Å². The molecule has 26 heavy (non-hydrogen) atoms. The van der Waals surface area contributed by atoms with Gasteiger partial charge in [0, 0.05) is 43.7 Å². The summed E-state index contributed by atoms with van der Waals surface area (Å²) in [5, 5.41) is 0. The molecular formula is C23H29BrN2. The molecule has 0 N–H and O–H groups in total. The maximum atomic E-state index is 3.72. The van der Waals surface area contributed by atoms with E-state index in [1.807, 2.05) is 0 Å². The number of hydrogen-bond acceptors (Lipinski definition) is 2. The average Bonchev–Trinajstić information content (AvgIpc) is 2.55. The summed E-state index contributed by atoms with van der Waals surface area (Å²) in [6.45, 7) is 11.9. The van der Waals surface area contributed by atoms with Gasteiger partial charge in [0.05, 0.1) is 0 Å². The largest absolute Gasteiger partial charge is 0.298 e. The highest BCUT2D eigenvalue weighted by Gasteiger charge is 2.48. The molecule has 2 nitrogen and oxygen atoms in total. The Morgan fingerprint density at radius 2 is 1.31 bits per heavy atom. The van der Waals surface area contributed by atoms with Crippen LogP contribution in [0.4, 0.5) is 0 Å². The summed E-state index contributed by atoms with van der Waals surface area (Å²) < 4.78 is 1.23. The van der Waals surface area contributed by atoms with Gasteiger partial charge in [-0.25, -0.2) is 0 Å².